The number of hydrogen-bond donors (Lipinski definition) is 1. The normalized spacial score (nSPS) is 42.2. The van der Waals surface area contributed by atoms with Crippen LogP contribution < -0.4 is 0 Å². The van der Waals surface area contributed by atoms with Gasteiger partial charge in [-0.15, -0.1) is 0 Å². The van der Waals surface area contributed by atoms with Crippen LogP contribution in [0.5, 0.6) is 0 Å². The maximum Gasteiger partial charge on any atom is 0.243 e. The SMILES string of the molecule is CC1C2(c3ccc(Br)cc3)OC(=N)C1(C#N)C(C#N)(C#N)C(C1CC3C=CC1C3)O2. The molecule has 2 aliphatic heterocycles. The van der Waals surface area contributed by atoms with Crippen molar-refractivity contribution < 1.29 is 9.47 Å². The van der Waals surface area contributed by atoms with E-state index in [4.69, 9.17) is 14.9 Å². The Labute approximate surface area is 183 Å². The number of benzene rings is 1. The lowest BCUT2D eigenvalue weighted by Crippen LogP contribution is -2.63. The second-order valence-corrected chi connectivity index (χ2v) is 9.68. The minimum absolute atomic E-state index is 0.0798. The average molecular weight is 463 g/mol. The second-order valence-electron chi connectivity index (χ2n) is 8.76. The quantitative estimate of drug-likeness (QED) is 0.653. The summed E-state index contributed by atoms with van der Waals surface area (Å²) in [5.41, 5.74) is -2.86. The van der Waals surface area contributed by atoms with Crippen LogP contribution in [0.1, 0.15) is 25.3 Å². The molecule has 3 fully saturated rings. The van der Waals surface area contributed by atoms with E-state index in [1.54, 1.807) is 6.92 Å². The highest BCUT2D eigenvalue weighted by atomic mass is 79.9. The van der Waals surface area contributed by atoms with Gasteiger partial charge in [-0.2, -0.15) is 15.8 Å². The van der Waals surface area contributed by atoms with Gasteiger partial charge < -0.3 is 9.47 Å². The van der Waals surface area contributed by atoms with Crippen molar-refractivity contribution in [1.29, 1.82) is 21.2 Å². The van der Waals surface area contributed by atoms with Crippen molar-refractivity contribution in [2.45, 2.75) is 31.7 Å². The molecule has 5 rings (SSSR count). The molecule has 4 aliphatic rings. The molecule has 0 amide bonds. The van der Waals surface area contributed by atoms with Gasteiger partial charge in [0.15, 0.2) is 10.8 Å². The Hall–Kier alpha value is -2.66. The smallest absolute Gasteiger partial charge is 0.243 e. The lowest BCUT2D eigenvalue weighted by molar-refractivity contribution is -0.297. The van der Waals surface area contributed by atoms with Crippen molar-refractivity contribution in [1.82, 2.24) is 0 Å². The van der Waals surface area contributed by atoms with E-state index in [2.05, 4.69) is 46.3 Å². The zero-order valence-electron chi connectivity index (χ0n) is 16.3. The lowest BCUT2D eigenvalue weighted by Gasteiger charge is -2.51. The zero-order valence-corrected chi connectivity index (χ0v) is 17.9. The first kappa shape index (κ1) is 19.3. The number of fused-ring (bicyclic) bond motifs is 4. The van der Waals surface area contributed by atoms with Crippen LogP contribution in [0, 0.1) is 73.9 Å². The third-order valence-corrected chi connectivity index (χ3v) is 8.21. The summed E-state index contributed by atoms with van der Waals surface area (Å²) in [7, 11) is 0. The largest absolute Gasteiger partial charge is 0.443 e. The summed E-state index contributed by atoms with van der Waals surface area (Å²) in [4.78, 5) is 0. The van der Waals surface area contributed by atoms with E-state index in [9.17, 15) is 15.8 Å². The predicted octanol–water partition coefficient (Wildman–Crippen LogP) is 4.40. The lowest BCUT2D eigenvalue weighted by atomic mass is 9.52. The Bertz CT molecular complexity index is 1080. The molecule has 2 heterocycles. The van der Waals surface area contributed by atoms with Gasteiger partial charge in [-0.25, -0.2) is 0 Å². The van der Waals surface area contributed by atoms with Gasteiger partial charge in [0.25, 0.3) is 0 Å². The molecule has 4 bridgehead atoms. The molecule has 7 unspecified atom stereocenters. The second kappa shape index (κ2) is 6.17. The Balaban J connectivity index is 1.74. The van der Waals surface area contributed by atoms with Crippen LogP contribution in [-0.4, -0.2) is 12.0 Å². The molecule has 1 aromatic carbocycles. The van der Waals surface area contributed by atoms with Crippen LogP contribution in [0.15, 0.2) is 40.9 Å². The van der Waals surface area contributed by atoms with Crippen molar-refractivity contribution in [3.63, 3.8) is 0 Å². The third-order valence-electron chi connectivity index (χ3n) is 7.68. The molecular weight excluding hydrogens is 444 g/mol. The highest BCUT2D eigenvalue weighted by molar-refractivity contribution is 9.10. The molecular formula is C23H19BrN4O2. The first-order valence-electron chi connectivity index (χ1n) is 10.0. The van der Waals surface area contributed by atoms with Crippen molar-refractivity contribution in [3.05, 3.63) is 46.5 Å². The van der Waals surface area contributed by atoms with Crippen molar-refractivity contribution >= 4 is 21.8 Å². The molecule has 1 aromatic rings. The average Bonchev–Trinajstić information content (AvgIpc) is 3.42. The van der Waals surface area contributed by atoms with Crippen LogP contribution in [0.25, 0.3) is 0 Å². The number of ether oxygens (including phenoxy) is 2. The summed E-state index contributed by atoms with van der Waals surface area (Å²) in [5.74, 6) is -1.94. The number of allylic oxidation sites excluding steroid dienone is 2. The Morgan fingerprint density at radius 2 is 1.77 bits per heavy atom. The fourth-order valence-corrected chi connectivity index (χ4v) is 6.42. The number of halogens is 1. The molecule has 7 atom stereocenters. The Kier molecular flexibility index (Phi) is 3.97. The van der Waals surface area contributed by atoms with Gasteiger partial charge >= 0.3 is 0 Å². The van der Waals surface area contributed by atoms with Gasteiger partial charge in [-0.1, -0.05) is 47.1 Å². The monoisotopic (exact) mass is 462 g/mol. The number of hydrogen-bond acceptors (Lipinski definition) is 6. The van der Waals surface area contributed by atoms with E-state index < -0.39 is 28.6 Å². The molecule has 0 radical (unpaired) electrons. The molecule has 0 spiro atoms. The van der Waals surface area contributed by atoms with Crippen molar-refractivity contribution in [3.8, 4) is 18.2 Å². The molecule has 2 aliphatic carbocycles. The predicted molar refractivity (Wildman–Crippen MR) is 109 cm³/mol. The van der Waals surface area contributed by atoms with Gasteiger partial charge in [0, 0.05) is 10.0 Å². The van der Waals surface area contributed by atoms with Crippen molar-refractivity contribution in [2.24, 2.45) is 34.5 Å². The highest BCUT2D eigenvalue weighted by Crippen LogP contribution is 2.68. The summed E-state index contributed by atoms with van der Waals surface area (Å²) in [6.07, 6.45) is 5.26. The van der Waals surface area contributed by atoms with Gasteiger partial charge in [0.05, 0.1) is 30.2 Å². The summed E-state index contributed by atoms with van der Waals surface area (Å²) in [5, 5.41) is 39.6. The molecule has 2 saturated heterocycles. The van der Waals surface area contributed by atoms with Gasteiger partial charge in [0.2, 0.25) is 11.7 Å². The fraction of sp³-hybridized carbons (Fsp3) is 0.478. The van der Waals surface area contributed by atoms with Crippen LogP contribution in [0.3, 0.4) is 0 Å². The summed E-state index contributed by atoms with van der Waals surface area (Å²) in [6.45, 7) is 1.74. The van der Waals surface area contributed by atoms with E-state index in [0.717, 1.165) is 17.3 Å². The van der Waals surface area contributed by atoms with E-state index in [1.165, 1.54) is 0 Å². The minimum atomic E-state index is -1.82. The Morgan fingerprint density at radius 1 is 1.07 bits per heavy atom. The van der Waals surface area contributed by atoms with Gasteiger partial charge in [-0.05, 0) is 42.7 Å². The van der Waals surface area contributed by atoms with Gasteiger partial charge in [-0.3, -0.25) is 5.41 Å². The molecule has 150 valence electrons. The number of nitrogens with zero attached hydrogens (tertiary/aromatic N) is 3. The summed E-state index contributed by atoms with van der Waals surface area (Å²) >= 11 is 3.43. The summed E-state index contributed by atoms with van der Waals surface area (Å²) < 4.78 is 13.5. The zero-order chi connectivity index (χ0) is 21.3. The highest BCUT2D eigenvalue weighted by Gasteiger charge is 2.80. The Morgan fingerprint density at radius 3 is 2.30 bits per heavy atom. The van der Waals surface area contributed by atoms with Crippen molar-refractivity contribution in [2.75, 3.05) is 0 Å². The van der Waals surface area contributed by atoms with Crippen LogP contribution >= 0.6 is 15.9 Å². The topological polar surface area (TPSA) is 114 Å². The van der Waals surface area contributed by atoms with E-state index in [-0.39, 0.29) is 17.7 Å². The standard InChI is InChI=1S/C23H19BrN4O2/c1-13-22(12-27)20(28)30-23(13,16-4-6-17(24)7-5-16)29-19(21(22,10-25)11-26)18-9-14-2-3-15(18)8-14/h2-7,13-15,18-19,28H,8-9H2,1H3. The molecule has 0 aromatic heterocycles. The maximum atomic E-state index is 10.4. The van der Waals surface area contributed by atoms with Gasteiger partial charge in [0.1, 0.15) is 0 Å². The molecule has 30 heavy (non-hydrogen) atoms. The molecule has 7 heteroatoms. The van der Waals surface area contributed by atoms with E-state index >= 15 is 0 Å². The van der Waals surface area contributed by atoms with E-state index in [1.807, 2.05) is 24.3 Å². The summed E-state index contributed by atoms with van der Waals surface area (Å²) in [6, 6.07) is 13.9. The number of rotatable bonds is 2. The van der Waals surface area contributed by atoms with Crippen LogP contribution in [0.4, 0.5) is 0 Å². The fourth-order valence-electron chi connectivity index (χ4n) is 6.15. The third kappa shape index (κ3) is 2.01. The minimum Gasteiger partial charge on any atom is -0.443 e. The number of nitriles is 3. The van der Waals surface area contributed by atoms with Crippen LogP contribution in [0.2, 0.25) is 0 Å². The maximum absolute atomic E-state index is 10.4. The number of nitrogens with one attached hydrogen (secondary N) is 1. The van der Waals surface area contributed by atoms with Crippen LogP contribution in [-0.2, 0) is 15.3 Å². The van der Waals surface area contributed by atoms with E-state index in [0.29, 0.717) is 11.5 Å². The molecule has 1 saturated carbocycles. The first-order chi connectivity index (χ1) is 14.4. The molecule has 1 N–H and O–H groups in total. The first-order valence-corrected chi connectivity index (χ1v) is 10.8. The molecule has 6 nitrogen and oxygen atoms in total.